The predicted octanol–water partition coefficient (Wildman–Crippen LogP) is 1.69. The minimum atomic E-state index is -0.695. The van der Waals surface area contributed by atoms with E-state index < -0.39 is 5.97 Å². The van der Waals surface area contributed by atoms with Crippen molar-refractivity contribution in [1.29, 1.82) is 0 Å². The van der Waals surface area contributed by atoms with Gasteiger partial charge in [-0.15, -0.1) is 0 Å². The van der Waals surface area contributed by atoms with Gasteiger partial charge in [-0.05, 0) is 45.3 Å². The van der Waals surface area contributed by atoms with Crippen LogP contribution in [-0.2, 0) is 4.79 Å². The van der Waals surface area contributed by atoms with E-state index in [1.807, 2.05) is 0 Å². The number of aliphatic carboxylic acids is 1. The minimum Gasteiger partial charge on any atom is -0.480 e. The first-order valence-electron chi connectivity index (χ1n) is 6.34. The van der Waals surface area contributed by atoms with Gasteiger partial charge in [0, 0.05) is 0 Å². The van der Waals surface area contributed by atoms with E-state index in [1.54, 1.807) is 0 Å². The average Bonchev–Trinajstić information content (AvgIpc) is 2.24. The number of nitrogens with zero attached hydrogens (tertiary/aromatic N) is 1. The molecule has 0 spiro atoms. The number of nitrogens with two attached hydrogens (primary N) is 1. The molecular formula is C12H26N2O2. The summed E-state index contributed by atoms with van der Waals surface area (Å²) in [6.07, 6.45) is 4.53. The zero-order valence-corrected chi connectivity index (χ0v) is 10.6. The summed E-state index contributed by atoms with van der Waals surface area (Å²) in [6.45, 7) is 6.55. The highest BCUT2D eigenvalue weighted by atomic mass is 16.4. The maximum absolute atomic E-state index is 11.2. The standard InChI is InChI=1S/C12H26N2O2/c1-3-9-14(10-4-2)11(12(15)16)7-5-6-8-13/h11H,3-10,13H2,1-2H3,(H,15,16)/t11-/m0/s1. The molecule has 3 N–H and O–H groups in total. The van der Waals surface area contributed by atoms with Crippen LogP contribution in [-0.4, -0.2) is 41.7 Å². The molecule has 0 rings (SSSR count). The van der Waals surface area contributed by atoms with E-state index in [2.05, 4.69) is 18.7 Å². The number of carboxylic acid groups (broad SMARTS) is 1. The summed E-state index contributed by atoms with van der Waals surface area (Å²) in [5.41, 5.74) is 5.42. The topological polar surface area (TPSA) is 66.6 Å². The van der Waals surface area contributed by atoms with Crippen molar-refractivity contribution in [3.8, 4) is 0 Å². The smallest absolute Gasteiger partial charge is 0.320 e. The molecule has 0 radical (unpaired) electrons. The second-order valence-electron chi connectivity index (χ2n) is 4.17. The quantitative estimate of drug-likeness (QED) is 0.560. The van der Waals surface area contributed by atoms with E-state index in [0.29, 0.717) is 13.0 Å². The Balaban J connectivity index is 4.26. The lowest BCUT2D eigenvalue weighted by Gasteiger charge is -2.28. The lowest BCUT2D eigenvalue weighted by Crippen LogP contribution is -2.42. The van der Waals surface area contributed by atoms with Gasteiger partial charge in [0.25, 0.3) is 0 Å². The molecule has 4 heteroatoms. The highest BCUT2D eigenvalue weighted by Crippen LogP contribution is 2.10. The molecular weight excluding hydrogens is 204 g/mol. The Morgan fingerprint density at radius 2 is 1.81 bits per heavy atom. The Hall–Kier alpha value is -0.610. The molecule has 0 aliphatic heterocycles. The zero-order chi connectivity index (χ0) is 12.4. The van der Waals surface area contributed by atoms with Crippen molar-refractivity contribution in [3.63, 3.8) is 0 Å². The van der Waals surface area contributed by atoms with Crippen molar-refractivity contribution < 1.29 is 9.90 Å². The lowest BCUT2D eigenvalue weighted by atomic mass is 10.1. The molecule has 0 heterocycles. The summed E-state index contributed by atoms with van der Waals surface area (Å²) in [5.74, 6) is -0.695. The van der Waals surface area contributed by atoms with E-state index in [9.17, 15) is 9.90 Å². The molecule has 4 nitrogen and oxygen atoms in total. The fourth-order valence-corrected chi connectivity index (χ4v) is 1.94. The van der Waals surface area contributed by atoms with Gasteiger partial charge < -0.3 is 10.8 Å². The fourth-order valence-electron chi connectivity index (χ4n) is 1.94. The van der Waals surface area contributed by atoms with Gasteiger partial charge in [-0.2, -0.15) is 0 Å². The number of carbonyl (C=O) groups is 1. The normalized spacial score (nSPS) is 13.0. The van der Waals surface area contributed by atoms with E-state index in [1.165, 1.54) is 0 Å². The van der Waals surface area contributed by atoms with Crippen molar-refractivity contribution in [1.82, 2.24) is 4.90 Å². The molecule has 0 aliphatic carbocycles. The van der Waals surface area contributed by atoms with Crippen LogP contribution in [0, 0.1) is 0 Å². The van der Waals surface area contributed by atoms with Crippen LogP contribution >= 0.6 is 0 Å². The van der Waals surface area contributed by atoms with E-state index in [4.69, 9.17) is 5.73 Å². The van der Waals surface area contributed by atoms with Crippen LogP contribution in [0.3, 0.4) is 0 Å². The summed E-state index contributed by atoms with van der Waals surface area (Å²) >= 11 is 0. The molecule has 0 amide bonds. The summed E-state index contributed by atoms with van der Waals surface area (Å²) in [4.78, 5) is 13.3. The minimum absolute atomic E-state index is 0.327. The average molecular weight is 230 g/mol. The van der Waals surface area contributed by atoms with Gasteiger partial charge >= 0.3 is 5.97 Å². The lowest BCUT2D eigenvalue weighted by molar-refractivity contribution is -0.143. The number of hydrogen-bond donors (Lipinski definition) is 2. The Morgan fingerprint density at radius 1 is 1.25 bits per heavy atom. The maximum atomic E-state index is 11.2. The van der Waals surface area contributed by atoms with Crippen molar-refractivity contribution in [2.24, 2.45) is 5.73 Å². The van der Waals surface area contributed by atoms with Crippen molar-refractivity contribution in [2.75, 3.05) is 19.6 Å². The second kappa shape index (κ2) is 9.60. The summed E-state index contributed by atoms with van der Waals surface area (Å²) in [5, 5.41) is 9.22. The first-order chi connectivity index (χ1) is 7.67. The summed E-state index contributed by atoms with van der Waals surface area (Å²) in [7, 11) is 0. The summed E-state index contributed by atoms with van der Waals surface area (Å²) in [6, 6.07) is -0.327. The second-order valence-corrected chi connectivity index (χ2v) is 4.17. The monoisotopic (exact) mass is 230 g/mol. The van der Waals surface area contributed by atoms with Crippen LogP contribution in [0.5, 0.6) is 0 Å². The van der Waals surface area contributed by atoms with Gasteiger partial charge in [0.1, 0.15) is 6.04 Å². The van der Waals surface area contributed by atoms with Crippen LogP contribution in [0.2, 0.25) is 0 Å². The first kappa shape index (κ1) is 15.4. The van der Waals surface area contributed by atoms with Gasteiger partial charge in [0.05, 0.1) is 0 Å². The highest BCUT2D eigenvalue weighted by molar-refractivity contribution is 5.73. The van der Waals surface area contributed by atoms with Crippen molar-refractivity contribution in [3.05, 3.63) is 0 Å². The number of carboxylic acids is 1. The number of unbranched alkanes of at least 4 members (excludes halogenated alkanes) is 1. The Morgan fingerprint density at radius 3 is 2.19 bits per heavy atom. The van der Waals surface area contributed by atoms with E-state index in [0.717, 1.165) is 38.8 Å². The largest absolute Gasteiger partial charge is 0.480 e. The van der Waals surface area contributed by atoms with Gasteiger partial charge in [-0.3, -0.25) is 9.69 Å². The molecule has 0 aromatic rings. The van der Waals surface area contributed by atoms with E-state index in [-0.39, 0.29) is 6.04 Å². The van der Waals surface area contributed by atoms with E-state index >= 15 is 0 Å². The number of rotatable bonds is 10. The molecule has 0 aromatic carbocycles. The maximum Gasteiger partial charge on any atom is 0.320 e. The van der Waals surface area contributed by atoms with Gasteiger partial charge in [-0.25, -0.2) is 0 Å². The third-order valence-corrected chi connectivity index (χ3v) is 2.68. The van der Waals surface area contributed by atoms with Crippen LogP contribution < -0.4 is 5.73 Å². The molecule has 0 aromatic heterocycles. The molecule has 0 aliphatic rings. The highest BCUT2D eigenvalue weighted by Gasteiger charge is 2.23. The van der Waals surface area contributed by atoms with Crippen LogP contribution in [0.25, 0.3) is 0 Å². The Bertz CT molecular complexity index is 180. The fraction of sp³-hybridized carbons (Fsp3) is 0.917. The molecule has 0 fully saturated rings. The van der Waals surface area contributed by atoms with Crippen LogP contribution in [0.15, 0.2) is 0 Å². The predicted molar refractivity (Wildman–Crippen MR) is 66.5 cm³/mol. The molecule has 0 bridgehead atoms. The third-order valence-electron chi connectivity index (χ3n) is 2.68. The first-order valence-corrected chi connectivity index (χ1v) is 6.34. The zero-order valence-electron chi connectivity index (χ0n) is 10.6. The Kier molecular flexibility index (Phi) is 9.24. The summed E-state index contributed by atoms with van der Waals surface area (Å²) < 4.78 is 0. The third kappa shape index (κ3) is 6.08. The Labute approximate surface area is 98.8 Å². The van der Waals surface area contributed by atoms with Crippen molar-refractivity contribution >= 4 is 5.97 Å². The number of hydrogen-bond acceptors (Lipinski definition) is 3. The molecule has 16 heavy (non-hydrogen) atoms. The molecule has 0 unspecified atom stereocenters. The molecule has 96 valence electrons. The van der Waals surface area contributed by atoms with Crippen molar-refractivity contribution in [2.45, 2.75) is 52.0 Å². The van der Waals surface area contributed by atoms with Crippen LogP contribution in [0.1, 0.15) is 46.0 Å². The SMILES string of the molecule is CCCN(CCC)[C@@H](CCCCN)C(=O)O. The molecule has 1 atom stereocenters. The molecule has 0 saturated heterocycles. The molecule has 0 saturated carbocycles. The van der Waals surface area contributed by atoms with Gasteiger partial charge in [0.15, 0.2) is 0 Å². The van der Waals surface area contributed by atoms with Gasteiger partial charge in [-0.1, -0.05) is 20.3 Å². The van der Waals surface area contributed by atoms with Crippen LogP contribution in [0.4, 0.5) is 0 Å². The van der Waals surface area contributed by atoms with Gasteiger partial charge in [0.2, 0.25) is 0 Å².